The number of nitrogens with zero attached hydrogens (tertiary/aromatic N) is 2. The maximum absolute atomic E-state index is 13.0. The van der Waals surface area contributed by atoms with Crippen LogP contribution in [0.3, 0.4) is 0 Å². The van der Waals surface area contributed by atoms with Crippen LogP contribution in [0, 0.1) is 25.2 Å². The number of hydrogen-bond acceptors (Lipinski definition) is 3. The van der Waals surface area contributed by atoms with Gasteiger partial charge in [-0.1, -0.05) is 24.3 Å². The van der Waals surface area contributed by atoms with E-state index in [-0.39, 0.29) is 0 Å². The molecule has 2 aromatic rings. The highest BCUT2D eigenvalue weighted by Crippen LogP contribution is 2.21. The second-order valence-electron chi connectivity index (χ2n) is 6.91. The van der Waals surface area contributed by atoms with Crippen LogP contribution < -0.4 is 4.90 Å². The molecule has 5 nitrogen and oxygen atoms in total. The van der Waals surface area contributed by atoms with Crippen LogP contribution in [0.2, 0.25) is 0 Å². The number of sulfonamides is 1. The minimum absolute atomic E-state index is 0.419. The van der Waals surface area contributed by atoms with Gasteiger partial charge >= 0.3 is 0 Å². The Hall–Kier alpha value is -2.20. The topological polar surface area (TPSA) is 65.6 Å². The van der Waals surface area contributed by atoms with Crippen molar-refractivity contribution < 1.29 is 13.3 Å². The summed E-state index contributed by atoms with van der Waals surface area (Å²) in [6.07, 6.45) is 0. The second kappa shape index (κ2) is 7.58. The van der Waals surface area contributed by atoms with Crippen molar-refractivity contribution in [2.75, 3.05) is 26.2 Å². The van der Waals surface area contributed by atoms with Gasteiger partial charge in [0, 0.05) is 5.56 Å². The lowest BCUT2D eigenvalue weighted by atomic mass is 10.1. The van der Waals surface area contributed by atoms with Crippen molar-refractivity contribution in [3.8, 4) is 6.07 Å². The van der Waals surface area contributed by atoms with E-state index in [0.717, 1.165) is 36.3 Å². The first-order valence-electron chi connectivity index (χ1n) is 8.80. The van der Waals surface area contributed by atoms with Crippen LogP contribution in [0.25, 0.3) is 0 Å². The molecule has 0 aromatic heterocycles. The van der Waals surface area contributed by atoms with Gasteiger partial charge in [0.1, 0.15) is 6.54 Å². The first-order chi connectivity index (χ1) is 12.4. The Morgan fingerprint density at radius 1 is 1.12 bits per heavy atom. The number of piperazine rings is 1. The highest BCUT2D eigenvalue weighted by Gasteiger charge is 2.31. The number of benzene rings is 2. The summed E-state index contributed by atoms with van der Waals surface area (Å²) in [5.41, 5.74) is 3.53. The largest absolute Gasteiger partial charge is 0.329 e. The molecule has 1 fully saturated rings. The van der Waals surface area contributed by atoms with Crippen molar-refractivity contribution in [1.82, 2.24) is 4.31 Å². The van der Waals surface area contributed by atoms with Crippen molar-refractivity contribution in [3.63, 3.8) is 0 Å². The van der Waals surface area contributed by atoms with Crippen molar-refractivity contribution in [1.29, 1.82) is 5.26 Å². The van der Waals surface area contributed by atoms with Gasteiger partial charge in [0.15, 0.2) is 0 Å². The average molecular weight is 370 g/mol. The summed E-state index contributed by atoms with van der Waals surface area (Å²) in [5, 5.41) is 9.01. The molecular weight excluding hydrogens is 346 g/mol. The number of rotatable bonds is 4. The minimum atomic E-state index is -3.45. The van der Waals surface area contributed by atoms with Crippen molar-refractivity contribution in [2.24, 2.45) is 0 Å². The summed E-state index contributed by atoms with van der Waals surface area (Å²) in [4.78, 5) is 1.76. The molecule has 1 aliphatic rings. The van der Waals surface area contributed by atoms with Crippen LogP contribution in [0.15, 0.2) is 47.4 Å². The average Bonchev–Trinajstić information content (AvgIpc) is 2.64. The third-order valence-corrected chi connectivity index (χ3v) is 6.94. The van der Waals surface area contributed by atoms with E-state index < -0.39 is 10.0 Å². The molecule has 0 aliphatic carbocycles. The molecule has 0 unspecified atom stereocenters. The van der Waals surface area contributed by atoms with E-state index in [1.54, 1.807) is 16.4 Å². The van der Waals surface area contributed by atoms with Crippen molar-refractivity contribution in [3.05, 3.63) is 64.7 Å². The van der Waals surface area contributed by atoms with Crippen LogP contribution in [0.1, 0.15) is 22.3 Å². The van der Waals surface area contributed by atoms with Gasteiger partial charge in [-0.05, 0) is 43.2 Å². The Morgan fingerprint density at radius 2 is 1.85 bits per heavy atom. The standard InChI is InChI=1S/C20H23N3O2S/c1-16-6-7-17(2)20(12-16)26(24,25)23-10-8-22(9-11-23)15-19-5-3-4-18(13-19)14-21/h3-7,12-13H,8-11,15H2,1-2H3/p+1. The van der Waals surface area contributed by atoms with Gasteiger partial charge in [-0.15, -0.1) is 0 Å². The molecule has 26 heavy (non-hydrogen) atoms. The second-order valence-corrected chi connectivity index (χ2v) is 8.82. The third-order valence-electron chi connectivity index (χ3n) is 4.90. The number of nitriles is 1. The SMILES string of the molecule is Cc1ccc(C)c(S(=O)(=O)N2CC[NH+](Cc3cccc(C#N)c3)CC2)c1. The monoisotopic (exact) mass is 370 g/mol. The number of nitrogens with one attached hydrogen (secondary N) is 1. The fourth-order valence-electron chi connectivity index (χ4n) is 3.38. The lowest BCUT2D eigenvalue weighted by molar-refractivity contribution is -0.917. The van der Waals surface area contributed by atoms with Gasteiger partial charge < -0.3 is 4.90 Å². The number of hydrogen-bond donors (Lipinski definition) is 1. The molecule has 0 saturated carbocycles. The van der Waals surface area contributed by atoms with Crippen molar-refractivity contribution >= 4 is 10.0 Å². The van der Waals surface area contributed by atoms with E-state index in [9.17, 15) is 8.42 Å². The minimum Gasteiger partial charge on any atom is -0.329 e. The molecule has 1 aliphatic heterocycles. The Labute approximate surface area is 155 Å². The lowest BCUT2D eigenvalue weighted by Gasteiger charge is -2.32. The van der Waals surface area contributed by atoms with Crippen LogP contribution in [0.5, 0.6) is 0 Å². The van der Waals surface area contributed by atoms with Gasteiger partial charge in [-0.2, -0.15) is 9.57 Å². The van der Waals surface area contributed by atoms with Crippen molar-refractivity contribution in [2.45, 2.75) is 25.3 Å². The molecule has 0 spiro atoms. The van der Waals surface area contributed by atoms with Crippen LogP contribution in [-0.4, -0.2) is 38.9 Å². The van der Waals surface area contributed by atoms with Crippen LogP contribution >= 0.6 is 0 Å². The molecule has 0 atom stereocenters. The Kier molecular flexibility index (Phi) is 5.42. The molecule has 1 N–H and O–H groups in total. The molecule has 1 saturated heterocycles. The fraction of sp³-hybridized carbons (Fsp3) is 0.350. The number of quaternary nitrogens is 1. The lowest BCUT2D eigenvalue weighted by Crippen LogP contribution is -3.13. The summed E-state index contributed by atoms with van der Waals surface area (Å²) in [6, 6.07) is 15.4. The molecule has 1 heterocycles. The van der Waals surface area contributed by atoms with E-state index in [0.29, 0.717) is 23.5 Å². The Bertz CT molecular complexity index is 940. The van der Waals surface area contributed by atoms with E-state index in [1.807, 2.05) is 44.2 Å². The smallest absolute Gasteiger partial charge is 0.243 e. The van der Waals surface area contributed by atoms with E-state index >= 15 is 0 Å². The molecule has 0 radical (unpaired) electrons. The maximum Gasteiger partial charge on any atom is 0.243 e. The van der Waals surface area contributed by atoms with Gasteiger partial charge in [0.25, 0.3) is 0 Å². The summed E-state index contributed by atoms with van der Waals surface area (Å²) in [6.45, 7) is 7.13. The van der Waals surface area contributed by atoms with Gasteiger partial charge in [0.05, 0.1) is 42.7 Å². The predicted octanol–water partition coefficient (Wildman–Crippen LogP) is 1.26. The zero-order valence-electron chi connectivity index (χ0n) is 15.2. The molecule has 0 bridgehead atoms. The van der Waals surface area contributed by atoms with Gasteiger partial charge in [0.2, 0.25) is 10.0 Å². The zero-order valence-corrected chi connectivity index (χ0v) is 16.0. The third kappa shape index (κ3) is 3.96. The molecule has 0 amide bonds. The predicted molar refractivity (Wildman–Crippen MR) is 100 cm³/mol. The van der Waals surface area contributed by atoms with E-state index in [4.69, 9.17) is 5.26 Å². The highest BCUT2D eigenvalue weighted by atomic mass is 32.2. The van der Waals surface area contributed by atoms with Gasteiger partial charge in [-0.3, -0.25) is 0 Å². The summed E-state index contributed by atoms with van der Waals surface area (Å²) < 4.78 is 27.6. The van der Waals surface area contributed by atoms with Gasteiger partial charge in [-0.25, -0.2) is 8.42 Å². The summed E-state index contributed by atoms with van der Waals surface area (Å²) in [5.74, 6) is 0. The Balaban J connectivity index is 1.68. The highest BCUT2D eigenvalue weighted by molar-refractivity contribution is 7.89. The summed E-state index contributed by atoms with van der Waals surface area (Å²) >= 11 is 0. The van der Waals surface area contributed by atoms with E-state index in [1.165, 1.54) is 4.90 Å². The molecular formula is C20H24N3O2S+. The zero-order chi connectivity index (χ0) is 18.7. The quantitative estimate of drug-likeness (QED) is 0.881. The maximum atomic E-state index is 13.0. The summed E-state index contributed by atoms with van der Waals surface area (Å²) in [7, 11) is -3.45. The first kappa shape index (κ1) is 18.6. The fourth-order valence-corrected chi connectivity index (χ4v) is 5.13. The molecule has 136 valence electrons. The Morgan fingerprint density at radius 3 is 2.54 bits per heavy atom. The molecule has 3 rings (SSSR count). The number of aryl methyl sites for hydroxylation is 2. The van der Waals surface area contributed by atoms with Crippen LogP contribution in [0.4, 0.5) is 0 Å². The van der Waals surface area contributed by atoms with Crippen LogP contribution in [-0.2, 0) is 16.6 Å². The first-order valence-corrected chi connectivity index (χ1v) is 10.2. The van der Waals surface area contributed by atoms with E-state index in [2.05, 4.69) is 6.07 Å². The molecule has 2 aromatic carbocycles. The normalized spacial score (nSPS) is 16.3. The molecule has 6 heteroatoms.